The second kappa shape index (κ2) is 4.42. The van der Waals surface area contributed by atoms with Crippen molar-refractivity contribution in [3.05, 3.63) is 45.3 Å². The number of aromatic carboxylic acids is 1. The van der Waals surface area contributed by atoms with Crippen molar-refractivity contribution in [3.8, 4) is 11.4 Å². The van der Waals surface area contributed by atoms with Crippen LogP contribution in [0.1, 0.15) is 10.4 Å². The molecule has 7 nitrogen and oxygen atoms in total. The SMILES string of the molecule is O=C(O)c1ccc2[nH]c(-c3csc([N+](=O)[O-])c3)nc2c1. The number of nitro groups is 1. The number of carbonyl (C=O) groups is 1. The Kier molecular flexibility index (Phi) is 2.72. The molecule has 0 fully saturated rings. The lowest BCUT2D eigenvalue weighted by molar-refractivity contribution is -0.380. The number of rotatable bonds is 3. The van der Waals surface area contributed by atoms with Crippen LogP contribution in [0.25, 0.3) is 22.4 Å². The van der Waals surface area contributed by atoms with Crippen LogP contribution < -0.4 is 0 Å². The molecular formula is C12H7N3O4S. The van der Waals surface area contributed by atoms with E-state index in [4.69, 9.17) is 5.11 Å². The Morgan fingerprint density at radius 1 is 1.40 bits per heavy atom. The van der Waals surface area contributed by atoms with Crippen LogP contribution in [0.2, 0.25) is 0 Å². The number of nitrogens with one attached hydrogen (secondary N) is 1. The molecule has 0 saturated heterocycles. The fourth-order valence-corrected chi connectivity index (χ4v) is 2.53. The van der Waals surface area contributed by atoms with Crippen molar-refractivity contribution in [2.75, 3.05) is 0 Å². The lowest BCUT2D eigenvalue weighted by atomic mass is 10.2. The second-order valence-electron chi connectivity index (χ2n) is 4.05. The first-order valence-electron chi connectivity index (χ1n) is 5.51. The summed E-state index contributed by atoms with van der Waals surface area (Å²) in [4.78, 5) is 28.4. The normalized spacial score (nSPS) is 10.8. The van der Waals surface area contributed by atoms with Gasteiger partial charge in [0.05, 0.1) is 21.5 Å². The Labute approximate surface area is 115 Å². The highest BCUT2D eigenvalue weighted by Crippen LogP contribution is 2.30. The molecule has 3 aromatic rings. The van der Waals surface area contributed by atoms with E-state index < -0.39 is 10.9 Å². The molecule has 0 unspecified atom stereocenters. The number of hydrogen-bond acceptors (Lipinski definition) is 5. The topological polar surface area (TPSA) is 109 Å². The third-order valence-electron chi connectivity index (χ3n) is 2.77. The van der Waals surface area contributed by atoms with Crippen molar-refractivity contribution < 1.29 is 14.8 Å². The average Bonchev–Trinajstić information content (AvgIpc) is 3.04. The van der Waals surface area contributed by atoms with E-state index in [-0.39, 0.29) is 10.6 Å². The van der Waals surface area contributed by atoms with Gasteiger partial charge in [-0.1, -0.05) is 11.3 Å². The summed E-state index contributed by atoms with van der Waals surface area (Å²) < 4.78 is 0. The highest BCUT2D eigenvalue weighted by atomic mass is 32.1. The van der Waals surface area contributed by atoms with Crippen LogP contribution in [0.4, 0.5) is 5.00 Å². The highest BCUT2D eigenvalue weighted by Gasteiger charge is 2.14. The number of carboxylic acids is 1. The van der Waals surface area contributed by atoms with Crippen LogP contribution in [0.5, 0.6) is 0 Å². The van der Waals surface area contributed by atoms with Gasteiger partial charge in [0.25, 0.3) is 0 Å². The number of imidazole rings is 1. The fourth-order valence-electron chi connectivity index (χ4n) is 1.82. The van der Waals surface area contributed by atoms with Crippen LogP contribution in [0.15, 0.2) is 29.6 Å². The van der Waals surface area contributed by atoms with E-state index in [0.717, 1.165) is 11.3 Å². The first kappa shape index (κ1) is 12.3. The number of fused-ring (bicyclic) bond motifs is 1. The van der Waals surface area contributed by atoms with Crippen LogP contribution in [-0.2, 0) is 0 Å². The molecule has 0 amide bonds. The summed E-state index contributed by atoms with van der Waals surface area (Å²) in [7, 11) is 0. The predicted molar refractivity (Wildman–Crippen MR) is 73.0 cm³/mol. The van der Waals surface area contributed by atoms with Gasteiger partial charge < -0.3 is 10.1 Å². The summed E-state index contributed by atoms with van der Waals surface area (Å²) >= 11 is 1.02. The summed E-state index contributed by atoms with van der Waals surface area (Å²) in [6, 6.07) is 5.98. The molecule has 0 saturated carbocycles. The minimum Gasteiger partial charge on any atom is -0.478 e. The number of nitrogens with zero attached hydrogens (tertiary/aromatic N) is 2. The molecular weight excluding hydrogens is 282 g/mol. The Balaban J connectivity index is 2.07. The highest BCUT2D eigenvalue weighted by molar-refractivity contribution is 7.13. The average molecular weight is 289 g/mol. The van der Waals surface area contributed by atoms with Crippen molar-refractivity contribution in [3.63, 3.8) is 0 Å². The van der Waals surface area contributed by atoms with Crippen LogP contribution in [-0.4, -0.2) is 26.0 Å². The molecule has 2 N–H and O–H groups in total. The maximum atomic E-state index is 10.9. The largest absolute Gasteiger partial charge is 0.478 e. The summed E-state index contributed by atoms with van der Waals surface area (Å²) in [5.41, 5.74) is 1.94. The molecule has 1 aromatic carbocycles. The zero-order valence-electron chi connectivity index (χ0n) is 9.86. The molecule has 0 atom stereocenters. The quantitative estimate of drug-likeness (QED) is 0.569. The van der Waals surface area contributed by atoms with E-state index in [1.54, 1.807) is 11.4 Å². The van der Waals surface area contributed by atoms with Gasteiger partial charge in [0, 0.05) is 17.0 Å². The van der Waals surface area contributed by atoms with E-state index >= 15 is 0 Å². The summed E-state index contributed by atoms with van der Waals surface area (Å²) in [6.07, 6.45) is 0. The third kappa shape index (κ3) is 2.01. The molecule has 0 radical (unpaired) electrons. The van der Waals surface area contributed by atoms with Gasteiger partial charge in [-0.2, -0.15) is 0 Å². The Bertz CT molecular complexity index is 836. The van der Waals surface area contributed by atoms with Gasteiger partial charge in [0.15, 0.2) is 0 Å². The van der Waals surface area contributed by atoms with Crippen molar-refractivity contribution in [1.29, 1.82) is 0 Å². The molecule has 0 aliphatic heterocycles. The van der Waals surface area contributed by atoms with Gasteiger partial charge in [0.2, 0.25) is 0 Å². The molecule has 3 rings (SSSR count). The van der Waals surface area contributed by atoms with Crippen LogP contribution in [0.3, 0.4) is 0 Å². The molecule has 0 spiro atoms. The minimum atomic E-state index is -1.03. The van der Waals surface area contributed by atoms with E-state index in [0.29, 0.717) is 22.4 Å². The number of aromatic nitrogens is 2. The molecule has 0 aliphatic carbocycles. The zero-order chi connectivity index (χ0) is 14.3. The molecule has 100 valence electrons. The number of hydrogen-bond donors (Lipinski definition) is 2. The Morgan fingerprint density at radius 2 is 2.20 bits per heavy atom. The van der Waals surface area contributed by atoms with Gasteiger partial charge in [-0.15, -0.1) is 0 Å². The number of thiophene rings is 1. The zero-order valence-corrected chi connectivity index (χ0v) is 10.7. The third-order valence-corrected chi connectivity index (χ3v) is 3.65. The maximum Gasteiger partial charge on any atom is 0.335 e. The molecule has 0 aliphatic rings. The van der Waals surface area contributed by atoms with Crippen molar-refractivity contribution in [2.45, 2.75) is 0 Å². The molecule has 0 bridgehead atoms. The van der Waals surface area contributed by atoms with E-state index in [1.807, 2.05) is 0 Å². The van der Waals surface area contributed by atoms with Crippen LogP contribution in [0, 0.1) is 10.1 Å². The standard InChI is InChI=1S/C12H7N3O4S/c16-12(17)6-1-2-8-9(3-6)14-11(13-8)7-4-10(15(18)19)20-5-7/h1-5H,(H,13,14)(H,16,17). The molecule has 2 aromatic heterocycles. The van der Waals surface area contributed by atoms with Gasteiger partial charge in [-0.3, -0.25) is 10.1 Å². The Hall–Kier alpha value is -2.74. The van der Waals surface area contributed by atoms with Crippen molar-refractivity contribution >= 4 is 33.3 Å². The monoisotopic (exact) mass is 289 g/mol. The smallest absolute Gasteiger partial charge is 0.335 e. The molecule has 2 heterocycles. The van der Waals surface area contributed by atoms with E-state index in [2.05, 4.69) is 9.97 Å². The van der Waals surface area contributed by atoms with Gasteiger partial charge >= 0.3 is 11.0 Å². The number of carboxylic acid groups (broad SMARTS) is 1. The van der Waals surface area contributed by atoms with Crippen molar-refractivity contribution in [1.82, 2.24) is 9.97 Å². The van der Waals surface area contributed by atoms with Gasteiger partial charge in [0.1, 0.15) is 5.82 Å². The van der Waals surface area contributed by atoms with Crippen LogP contribution >= 0.6 is 11.3 Å². The summed E-state index contributed by atoms with van der Waals surface area (Å²) in [6.45, 7) is 0. The van der Waals surface area contributed by atoms with E-state index in [1.165, 1.54) is 18.2 Å². The second-order valence-corrected chi connectivity index (χ2v) is 4.94. The van der Waals surface area contributed by atoms with Crippen molar-refractivity contribution in [2.24, 2.45) is 0 Å². The van der Waals surface area contributed by atoms with Gasteiger partial charge in [-0.25, -0.2) is 9.78 Å². The minimum absolute atomic E-state index is 0.0340. The summed E-state index contributed by atoms with van der Waals surface area (Å²) in [5.74, 6) is -0.547. The first-order valence-corrected chi connectivity index (χ1v) is 6.39. The Morgan fingerprint density at radius 3 is 2.85 bits per heavy atom. The lowest BCUT2D eigenvalue weighted by Gasteiger charge is -1.92. The summed E-state index contributed by atoms with van der Waals surface area (Å²) in [5, 5.41) is 21.2. The molecule has 8 heteroatoms. The molecule has 20 heavy (non-hydrogen) atoms. The van der Waals surface area contributed by atoms with Gasteiger partial charge in [-0.05, 0) is 18.2 Å². The first-order chi connectivity index (χ1) is 9.54. The number of benzene rings is 1. The number of aromatic amines is 1. The predicted octanol–water partition coefficient (Wildman–Crippen LogP) is 2.90. The maximum absolute atomic E-state index is 10.9. The fraction of sp³-hybridized carbons (Fsp3) is 0. The number of H-pyrrole nitrogens is 1. The lowest BCUT2D eigenvalue weighted by Crippen LogP contribution is -1.94. The van der Waals surface area contributed by atoms with E-state index in [9.17, 15) is 14.9 Å².